The number of rotatable bonds is 1. The second-order valence-corrected chi connectivity index (χ2v) is 2.94. The number of likely N-dealkylation sites (tertiary alicyclic amines) is 1. The molecule has 3 nitrogen and oxygen atoms in total. The number of carbonyl (C=O) groups excluding carboxylic acids is 1. The summed E-state index contributed by atoms with van der Waals surface area (Å²) in [5, 5.41) is 0. The largest absolute Gasteiger partial charge is 0.468 e. The van der Waals surface area contributed by atoms with Crippen LogP contribution in [0.5, 0.6) is 0 Å². The van der Waals surface area contributed by atoms with Gasteiger partial charge < -0.3 is 4.74 Å². The van der Waals surface area contributed by atoms with Crippen LogP contribution in [0.4, 0.5) is 0 Å². The quantitative estimate of drug-likeness (QED) is 0.493. The zero-order valence-corrected chi connectivity index (χ0v) is 6.68. The standard InChI is InChI=1S/C7H13NO2/c1-7(6(9)10-3)4-5-8(7)2/h4-5H2,1-3H3. The third-order valence-electron chi connectivity index (χ3n) is 2.40. The van der Waals surface area contributed by atoms with E-state index in [1.807, 2.05) is 18.9 Å². The average molecular weight is 143 g/mol. The lowest BCUT2D eigenvalue weighted by atomic mass is 9.88. The Hall–Kier alpha value is -0.570. The van der Waals surface area contributed by atoms with Crippen molar-refractivity contribution in [3.05, 3.63) is 0 Å². The van der Waals surface area contributed by atoms with Crippen LogP contribution < -0.4 is 0 Å². The van der Waals surface area contributed by atoms with Gasteiger partial charge in [-0.3, -0.25) is 9.69 Å². The smallest absolute Gasteiger partial charge is 0.326 e. The lowest BCUT2D eigenvalue weighted by Crippen LogP contribution is -2.61. The van der Waals surface area contributed by atoms with Crippen molar-refractivity contribution in [2.24, 2.45) is 0 Å². The van der Waals surface area contributed by atoms with Gasteiger partial charge in [-0.25, -0.2) is 0 Å². The van der Waals surface area contributed by atoms with Crippen molar-refractivity contribution in [3.8, 4) is 0 Å². The van der Waals surface area contributed by atoms with Crippen LogP contribution in [0.2, 0.25) is 0 Å². The number of methoxy groups -OCH3 is 1. The molecule has 0 bridgehead atoms. The maximum atomic E-state index is 11.1. The predicted octanol–water partition coefficient (Wildman–Crippen LogP) is 0.254. The first kappa shape index (κ1) is 7.54. The van der Waals surface area contributed by atoms with Crippen molar-refractivity contribution in [2.45, 2.75) is 18.9 Å². The molecule has 0 aromatic rings. The van der Waals surface area contributed by atoms with Crippen LogP contribution in [-0.4, -0.2) is 37.1 Å². The van der Waals surface area contributed by atoms with Crippen LogP contribution in [-0.2, 0) is 9.53 Å². The molecule has 1 aliphatic heterocycles. The molecule has 0 amide bonds. The summed E-state index contributed by atoms with van der Waals surface area (Å²) in [6.45, 7) is 2.90. The first-order valence-electron chi connectivity index (χ1n) is 3.41. The molecular weight excluding hydrogens is 130 g/mol. The maximum Gasteiger partial charge on any atom is 0.326 e. The van der Waals surface area contributed by atoms with E-state index < -0.39 is 0 Å². The molecule has 10 heavy (non-hydrogen) atoms. The Morgan fingerprint density at radius 3 is 2.40 bits per heavy atom. The molecule has 0 radical (unpaired) electrons. The summed E-state index contributed by atoms with van der Waals surface area (Å²) in [6, 6.07) is 0. The minimum Gasteiger partial charge on any atom is -0.468 e. The topological polar surface area (TPSA) is 29.5 Å². The monoisotopic (exact) mass is 143 g/mol. The SMILES string of the molecule is COC(=O)C1(C)CCN1C. The number of hydrogen-bond donors (Lipinski definition) is 0. The summed E-state index contributed by atoms with van der Waals surface area (Å²) < 4.78 is 4.65. The van der Waals surface area contributed by atoms with E-state index in [-0.39, 0.29) is 11.5 Å². The zero-order valence-electron chi connectivity index (χ0n) is 6.68. The summed E-state index contributed by atoms with van der Waals surface area (Å²) >= 11 is 0. The van der Waals surface area contributed by atoms with Crippen molar-refractivity contribution < 1.29 is 9.53 Å². The molecule has 0 aliphatic carbocycles. The van der Waals surface area contributed by atoms with Crippen molar-refractivity contribution in [2.75, 3.05) is 20.7 Å². The number of carbonyl (C=O) groups is 1. The third kappa shape index (κ3) is 0.814. The second kappa shape index (κ2) is 2.23. The molecule has 1 rings (SSSR count). The van der Waals surface area contributed by atoms with Crippen LogP contribution in [0.15, 0.2) is 0 Å². The Morgan fingerprint density at radius 2 is 2.30 bits per heavy atom. The van der Waals surface area contributed by atoms with E-state index in [4.69, 9.17) is 0 Å². The van der Waals surface area contributed by atoms with Gasteiger partial charge in [0.15, 0.2) is 0 Å². The van der Waals surface area contributed by atoms with Crippen molar-refractivity contribution in [3.63, 3.8) is 0 Å². The second-order valence-electron chi connectivity index (χ2n) is 2.94. The Labute approximate surface area is 61.0 Å². The Balaban J connectivity index is 2.60. The molecule has 1 atom stereocenters. The number of hydrogen-bond acceptors (Lipinski definition) is 3. The molecular formula is C7H13NO2. The summed E-state index contributed by atoms with van der Waals surface area (Å²) in [5.41, 5.74) is -0.339. The average Bonchev–Trinajstić information content (AvgIpc) is 1.98. The molecule has 1 heterocycles. The number of likely N-dealkylation sites (N-methyl/N-ethyl adjacent to an activating group) is 1. The predicted molar refractivity (Wildman–Crippen MR) is 37.7 cm³/mol. The normalized spacial score (nSPS) is 33.1. The first-order valence-corrected chi connectivity index (χ1v) is 3.41. The van der Waals surface area contributed by atoms with Gasteiger partial charge in [0.1, 0.15) is 5.54 Å². The maximum absolute atomic E-state index is 11.1. The van der Waals surface area contributed by atoms with Gasteiger partial charge in [0.2, 0.25) is 0 Å². The van der Waals surface area contributed by atoms with E-state index in [0.717, 1.165) is 13.0 Å². The molecule has 58 valence electrons. The van der Waals surface area contributed by atoms with Crippen LogP contribution >= 0.6 is 0 Å². The molecule has 1 aliphatic rings. The minimum atomic E-state index is -0.339. The van der Waals surface area contributed by atoms with Crippen molar-refractivity contribution in [1.29, 1.82) is 0 Å². The molecule has 0 aromatic heterocycles. The van der Waals surface area contributed by atoms with Crippen molar-refractivity contribution >= 4 is 5.97 Å². The number of esters is 1. The molecule has 1 saturated heterocycles. The Bertz CT molecular complexity index is 158. The van der Waals surface area contributed by atoms with Gasteiger partial charge in [0.05, 0.1) is 7.11 Å². The highest BCUT2D eigenvalue weighted by Crippen LogP contribution is 2.28. The molecule has 1 fully saturated rings. The Morgan fingerprint density at radius 1 is 1.70 bits per heavy atom. The highest BCUT2D eigenvalue weighted by atomic mass is 16.5. The van der Waals surface area contributed by atoms with Gasteiger partial charge in [0.25, 0.3) is 0 Å². The first-order chi connectivity index (χ1) is 4.61. The molecule has 0 N–H and O–H groups in total. The lowest BCUT2D eigenvalue weighted by molar-refractivity contribution is -0.161. The van der Waals surface area contributed by atoms with Crippen LogP contribution in [0.1, 0.15) is 13.3 Å². The summed E-state index contributed by atoms with van der Waals surface area (Å²) in [4.78, 5) is 13.1. The van der Waals surface area contributed by atoms with Crippen LogP contribution in [0.3, 0.4) is 0 Å². The molecule has 3 heteroatoms. The van der Waals surface area contributed by atoms with Gasteiger partial charge in [-0.2, -0.15) is 0 Å². The minimum absolute atomic E-state index is 0.124. The highest BCUT2D eigenvalue weighted by molar-refractivity contribution is 5.81. The zero-order chi connectivity index (χ0) is 7.78. The summed E-state index contributed by atoms with van der Waals surface area (Å²) in [5.74, 6) is -0.124. The third-order valence-corrected chi connectivity index (χ3v) is 2.40. The van der Waals surface area contributed by atoms with E-state index in [2.05, 4.69) is 4.74 Å². The summed E-state index contributed by atoms with van der Waals surface area (Å²) in [7, 11) is 3.36. The van der Waals surface area contributed by atoms with Crippen LogP contribution in [0.25, 0.3) is 0 Å². The van der Waals surface area contributed by atoms with Gasteiger partial charge in [-0.05, 0) is 20.4 Å². The molecule has 0 aromatic carbocycles. The molecule has 0 spiro atoms. The fraction of sp³-hybridized carbons (Fsp3) is 0.857. The molecule has 1 unspecified atom stereocenters. The van der Waals surface area contributed by atoms with E-state index in [9.17, 15) is 4.79 Å². The fourth-order valence-electron chi connectivity index (χ4n) is 1.15. The number of ether oxygens (including phenoxy) is 1. The number of nitrogens with zero attached hydrogens (tertiary/aromatic N) is 1. The van der Waals surface area contributed by atoms with E-state index in [0.29, 0.717) is 0 Å². The molecule has 0 saturated carbocycles. The lowest BCUT2D eigenvalue weighted by Gasteiger charge is -2.45. The van der Waals surface area contributed by atoms with Crippen molar-refractivity contribution in [1.82, 2.24) is 4.90 Å². The Kier molecular flexibility index (Phi) is 1.68. The fourth-order valence-corrected chi connectivity index (χ4v) is 1.15. The van der Waals surface area contributed by atoms with Gasteiger partial charge in [-0.15, -0.1) is 0 Å². The van der Waals surface area contributed by atoms with Crippen LogP contribution in [0, 0.1) is 0 Å². The highest BCUT2D eigenvalue weighted by Gasteiger charge is 2.45. The van der Waals surface area contributed by atoms with Gasteiger partial charge in [0, 0.05) is 6.54 Å². The summed E-state index contributed by atoms with van der Waals surface area (Å²) in [6.07, 6.45) is 0.913. The van der Waals surface area contributed by atoms with Gasteiger partial charge >= 0.3 is 5.97 Å². The van der Waals surface area contributed by atoms with E-state index >= 15 is 0 Å². The van der Waals surface area contributed by atoms with E-state index in [1.165, 1.54) is 7.11 Å². The van der Waals surface area contributed by atoms with Gasteiger partial charge in [-0.1, -0.05) is 0 Å². The van der Waals surface area contributed by atoms with E-state index in [1.54, 1.807) is 0 Å².